The predicted octanol–water partition coefficient (Wildman–Crippen LogP) is 6.28. The van der Waals surface area contributed by atoms with E-state index >= 15 is 0 Å². The molecule has 5 aromatic rings. The molecule has 0 fully saturated rings. The first-order valence-corrected chi connectivity index (χ1v) is 13.6. The second kappa shape index (κ2) is 9.34. The van der Waals surface area contributed by atoms with E-state index in [9.17, 15) is 10.4 Å². The third-order valence-electron chi connectivity index (χ3n) is 8.18. The normalized spacial score (nSPS) is 16.8. The number of allylic oxidation sites excluding steroid dienone is 3. The Kier molecular flexibility index (Phi) is 5.58. The molecule has 2 N–H and O–H groups in total. The van der Waals surface area contributed by atoms with Crippen LogP contribution in [-0.4, -0.2) is 24.4 Å². The Morgan fingerprint density at radius 3 is 1.98 bits per heavy atom. The Labute approximate surface area is 243 Å². The number of hydrogen-bond acceptors (Lipinski definition) is 3. The monoisotopic (exact) mass is 540 g/mol. The lowest BCUT2D eigenvalue weighted by atomic mass is 9.69. The molecule has 0 saturated carbocycles. The van der Waals surface area contributed by atoms with E-state index in [0.29, 0.717) is 28.0 Å². The fourth-order valence-corrected chi connectivity index (χ4v) is 6.52. The summed E-state index contributed by atoms with van der Waals surface area (Å²) in [5, 5.41) is 28.6. The van der Waals surface area contributed by atoms with Crippen LogP contribution in [0, 0.1) is 17.9 Å². The summed E-state index contributed by atoms with van der Waals surface area (Å²) in [5.41, 5.74) is 14.1. The number of nitrogen functional groups attached to an aromatic ring is 1. The van der Waals surface area contributed by atoms with Gasteiger partial charge in [-0.25, -0.2) is 14.7 Å². The molecule has 2 aliphatic rings. The van der Waals surface area contributed by atoms with Gasteiger partial charge in [0.05, 0.1) is 23.8 Å². The molecule has 0 amide bonds. The van der Waals surface area contributed by atoms with Gasteiger partial charge in [0.25, 0.3) is 5.70 Å². The van der Waals surface area contributed by atoms with Gasteiger partial charge < -0.3 is 10.8 Å². The lowest BCUT2D eigenvalue weighted by Crippen LogP contribution is -2.29. The van der Waals surface area contributed by atoms with Crippen LogP contribution >= 0.6 is 0 Å². The van der Waals surface area contributed by atoms with Gasteiger partial charge in [0.2, 0.25) is 5.71 Å². The van der Waals surface area contributed by atoms with Crippen LogP contribution in [0.4, 0.5) is 5.69 Å². The number of nitriles is 1. The first-order chi connectivity index (χ1) is 20.5. The van der Waals surface area contributed by atoms with E-state index in [1.807, 2.05) is 105 Å². The summed E-state index contributed by atoms with van der Waals surface area (Å²) in [6.45, 7) is 7.96. The van der Waals surface area contributed by atoms with Crippen molar-refractivity contribution in [3.63, 3.8) is 0 Å². The lowest BCUT2D eigenvalue weighted by Gasteiger charge is -2.40. The van der Waals surface area contributed by atoms with Gasteiger partial charge in [0, 0.05) is 16.8 Å². The molecule has 0 spiro atoms. The quantitative estimate of drug-likeness (QED) is 0.0876. The number of anilines is 1. The van der Waals surface area contributed by atoms with E-state index in [1.165, 1.54) is 0 Å². The third-order valence-corrected chi connectivity index (χ3v) is 8.18. The largest absolute Gasteiger partial charge is 0.872 e. The number of nitrogens with two attached hydrogens (primary N) is 1. The van der Waals surface area contributed by atoms with E-state index in [2.05, 4.69) is 21.6 Å². The molecule has 0 aliphatic heterocycles. The molecule has 0 bridgehead atoms. The molecule has 5 aromatic carbocycles. The van der Waals surface area contributed by atoms with Crippen molar-refractivity contribution in [1.29, 1.82) is 5.26 Å². The first-order valence-electron chi connectivity index (χ1n) is 13.6. The summed E-state index contributed by atoms with van der Waals surface area (Å²) >= 11 is 0. The van der Waals surface area contributed by atoms with Crippen LogP contribution in [0.25, 0.3) is 37.5 Å². The Hall–Kier alpha value is -5.91. The highest BCUT2D eigenvalue weighted by Crippen LogP contribution is 2.54. The molecule has 0 unspecified atom stereocenters. The SMILES string of the molecule is [C-]#[N+]/C(C#N)=C1C(c2c3ccccc3cc3ccccc23)=C([O-])C\1=C1\c2ccccc2C(=[N+](C)C)c2cccc(N)c21. The molecule has 5 heteroatoms. The van der Waals surface area contributed by atoms with E-state index in [0.717, 1.165) is 55.1 Å². The molecule has 0 aromatic heterocycles. The van der Waals surface area contributed by atoms with Gasteiger partial charge in [-0.05, 0) is 73.7 Å². The standard InChI is InChI=1S/C37H24N4O/c1-40-29(20-38)33-34(30-23-13-6-4-11-21(23)19-22-12-5-7-14-24(22)30)37(42)35(33)32-25-15-8-9-16-26(25)36(41(2)3)27-17-10-18-28(39)31(27)32/h4-19H,39H2,2-3H3/b33-29+,35-32-. The highest BCUT2D eigenvalue weighted by molar-refractivity contribution is 6.24. The van der Waals surface area contributed by atoms with Crippen molar-refractivity contribution in [2.45, 2.75) is 0 Å². The zero-order valence-electron chi connectivity index (χ0n) is 23.1. The Morgan fingerprint density at radius 2 is 1.36 bits per heavy atom. The van der Waals surface area contributed by atoms with Crippen LogP contribution in [0.15, 0.2) is 120 Å². The topological polar surface area (TPSA) is 80.2 Å². The van der Waals surface area contributed by atoms with E-state index in [1.54, 1.807) is 0 Å². The fourth-order valence-electron chi connectivity index (χ4n) is 6.52. The zero-order valence-corrected chi connectivity index (χ0v) is 23.1. The van der Waals surface area contributed by atoms with Crippen molar-refractivity contribution in [2.24, 2.45) is 0 Å². The van der Waals surface area contributed by atoms with Crippen LogP contribution in [0.5, 0.6) is 0 Å². The number of rotatable bonds is 1. The van der Waals surface area contributed by atoms with E-state index in [-0.39, 0.29) is 11.5 Å². The van der Waals surface area contributed by atoms with Gasteiger partial charge >= 0.3 is 0 Å². The lowest BCUT2D eigenvalue weighted by molar-refractivity contribution is -0.463. The maximum atomic E-state index is 14.6. The smallest absolute Gasteiger partial charge is 0.270 e. The van der Waals surface area contributed by atoms with Crippen molar-refractivity contribution in [3.05, 3.63) is 159 Å². The van der Waals surface area contributed by atoms with Gasteiger partial charge in [-0.1, -0.05) is 78.6 Å². The second-order valence-electron chi connectivity index (χ2n) is 10.7. The van der Waals surface area contributed by atoms with Crippen LogP contribution in [-0.2, 0) is 0 Å². The summed E-state index contributed by atoms with van der Waals surface area (Å²) in [7, 11) is 3.97. The molecule has 0 saturated heterocycles. The van der Waals surface area contributed by atoms with Crippen molar-refractivity contribution in [1.82, 2.24) is 0 Å². The van der Waals surface area contributed by atoms with Gasteiger partial charge in [-0.2, -0.15) is 0 Å². The first kappa shape index (κ1) is 25.1. The predicted molar refractivity (Wildman–Crippen MR) is 166 cm³/mol. The molecule has 0 heterocycles. The van der Waals surface area contributed by atoms with Crippen LogP contribution in [0.3, 0.4) is 0 Å². The van der Waals surface area contributed by atoms with E-state index in [4.69, 9.17) is 12.3 Å². The van der Waals surface area contributed by atoms with Crippen LogP contribution in [0.2, 0.25) is 0 Å². The minimum Gasteiger partial charge on any atom is -0.872 e. The number of hydrogen-bond donors (Lipinski definition) is 1. The Morgan fingerprint density at radius 1 is 0.762 bits per heavy atom. The highest BCUT2D eigenvalue weighted by atomic mass is 16.3. The molecule has 0 atom stereocenters. The molecule has 42 heavy (non-hydrogen) atoms. The molecule has 2 aliphatic carbocycles. The van der Waals surface area contributed by atoms with Crippen LogP contribution in [0.1, 0.15) is 27.8 Å². The summed E-state index contributed by atoms with van der Waals surface area (Å²) in [6.07, 6.45) is 0. The molecule has 7 rings (SSSR count). The number of benzene rings is 5. The van der Waals surface area contributed by atoms with Gasteiger partial charge in [0.15, 0.2) is 0 Å². The number of fused-ring (bicyclic) bond motifs is 4. The van der Waals surface area contributed by atoms with Crippen LogP contribution < -0.4 is 10.8 Å². The van der Waals surface area contributed by atoms with Gasteiger partial charge in [0.1, 0.15) is 14.1 Å². The minimum absolute atomic E-state index is 0.111. The fraction of sp³-hybridized carbons (Fsp3) is 0.0541. The second-order valence-corrected chi connectivity index (χ2v) is 10.7. The summed E-state index contributed by atoms with van der Waals surface area (Å²) in [4.78, 5) is 3.64. The maximum Gasteiger partial charge on any atom is 0.270 e. The molecule has 5 nitrogen and oxygen atoms in total. The molecular formula is C37H24N4O. The zero-order chi connectivity index (χ0) is 29.1. The maximum absolute atomic E-state index is 14.6. The van der Waals surface area contributed by atoms with Gasteiger partial charge in [-0.15, -0.1) is 0 Å². The Bertz CT molecular complexity index is 2180. The van der Waals surface area contributed by atoms with E-state index < -0.39 is 0 Å². The average molecular weight is 541 g/mol. The van der Waals surface area contributed by atoms with Gasteiger partial charge in [-0.3, -0.25) is 0 Å². The highest BCUT2D eigenvalue weighted by Gasteiger charge is 2.38. The summed E-state index contributed by atoms with van der Waals surface area (Å²) in [5.74, 6) is -0.199. The summed E-state index contributed by atoms with van der Waals surface area (Å²) in [6, 6.07) is 33.7. The van der Waals surface area contributed by atoms with Crippen molar-refractivity contribution in [2.75, 3.05) is 19.8 Å². The van der Waals surface area contributed by atoms with Crippen molar-refractivity contribution < 1.29 is 9.68 Å². The minimum atomic E-state index is -0.199. The van der Waals surface area contributed by atoms with Crippen molar-refractivity contribution in [3.8, 4) is 6.07 Å². The molecule has 198 valence electrons. The average Bonchev–Trinajstić information content (AvgIpc) is 3.00. The summed E-state index contributed by atoms with van der Waals surface area (Å²) < 4.78 is 2.05. The van der Waals surface area contributed by atoms with Crippen molar-refractivity contribution >= 4 is 44.1 Å². The number of nitrogens with zero attached hydrogens (tertiary/aromatic N) is 3. The Balaban J connectivity index is 1.69. The third kappa shape index (κ3) is 3.38. The molecule has 0 radical (unpaired) electrons. The molecular weight excluding hydrogens is 516 g/mol.